The van der Waals surface area contributed by atoms with Crippen molar-refractivity contribution < 1.29 is 24.5 Å². The first kappa shape index (κ1) is 14.9. The molecule has 0 saturated carbocycles. The van der Waals surface area contributed by atoms with Crippen molar-refractivity contribution in [2.75, 3.05) is 7.11 Å². The van der Waals surface area contributed by atoms with Crippen LogP contribution in [0.4, 0.5) is 0 Å². The molecule has 2 N–H and O–H groups in total. The van der Waals surface area contributed by atoms with Gasteiger partial charge in [-0.15, -0.1) is 0 Å². The molecule has 0 unspecified atom stereocenters. The highest BCUT2D eigenvalue weighted by atomic mass is 35.5. The number of aromatic hydroxyl groups is 1. The number of carboxylic acid groups (broad SMARTS) is 1. The molecule has 21 heavy (non-hydrogen) atoms. The molecule has 0 aromatic heterocycles. The number of halogens is 1. The average molecular weight is 307 g/mol. The van der Waals surface area contributed by atoms with Gasteiger partial charge < -0.3 is 14.9 Å². The minimum atomic E-state index is -1.15. The highest BCUT2D eigenvalue weighted by Crippen LogP contribution is 2.29. The van der Waals surface area contributed by atoms with Crippen molar-refractivity contribution in [2.45, 2.75) is 0 Å². The van der Waals surface area contributed by atoms with E-state index in [-0.39, 0.29) is 21.9 Å². The summed E-state index contributed by atoms with van der Waals surface area (Å²) in [5, 5.41) is 18.7. The Kier molecular flexibility index (Phi) is 4.14. The summed E-state index contributed by atoms with van der Waals surface area (Å²) in [5.74, 6) is -1.88. The Hall–Kier alpha value is -2.53. The fourth-order valence-corrected chi connectivity index (χ4v) is 2.13. The second-order valence-electron chi connectivity index (χ2n) is 4.26. The largest absolute Gasteiger partial charge is 0.508 e. The predicted octanol–water partition coefficient (Wildman–Crippen LogP) is 3.20. The second kappa shape index (κ2) is 5.85. The smallest absolute Gasteiger partial charge is 0.339 e. The van der Waals surface area contributed by atoms with E-state index in [1.807, 2.05) is 0 Å². The molecule has 108 valence electrons. The predicted molar refractivity (Wildman–Crippen MR) is 76.9 cm³/mol. The minimum Gasteiger partial charge on any atom is -0.508 e. The Morgan fingerprint density at radius 2 is 1.81 bits per heavy atom. The summed E-state index contributed by atoms with van der Waals surface area (Å²) < 4.78 is 4.59. The van der Waals surface area contributed by atoms with E-state index >= 15 is 0 Å². The summed E-state index contributed by atoms with van der Waals surface area (Å²) in [6.45, 7) is 0. The van der Waals surface area contributed by atoms with Crippen molar-refractivity contribution in [1.29, 1.82) is 0 Å². The number of benzene rings is 2. The molecule has 0 fully saturated rings. The van der Waals surface area contributed by atoms with Gasteiger partial charge in [-0.05, 0) is 41.5 Å². The van der Waals surface area contributed by atoms with E-state index in [9.17, 15) is 14.7 Å². The SMILES string of the molecule is COC(=O)c1ccc(-c2cc(O)cc(C(=O)O)c2)cc1Cl. The van der Waals surface area contributed by atoms with Gasteiger partial charge in [0.25, 0.3) is 0 Å². The summed E-state index contributed by atoms with van der Waals surface area (Å²) >= 11 is 6.02. The number of phenolic OH excluding ortho intramolecular Hbond substituents is 1. The van der Waals surface area contributed by atoms with Gasteiger partial charge in [-0.3, -0.25) is 0 Å². The van der Waals surface area contributed by atoms with Crippen molar-refractivity contribution in [1.82, 2.24) is 0 Å². The number of carbonyl (C=O) groups excluding carboxylic acids is 1. The van der Waals surface area contributed by atoms with Gasteiger partial charge in [-0.25, -0.2) is 9.59 Å². The molecule has 0 radical (unpaired) electrons. The Labute approximate surface area is 125 Å². The zero-order valence-electron chi connectivity index (χ0n) is 11.0. The first-order valence-electron chi connectivity index (χ1n) is 5.88. The quantitative estimate of drug-likeness (QED) is 0.851. The molecule has 0 aliphatic heterocycles. The van der Waals surface area contributed by atoms with Gasteiger partial charge in [0, 0.05) is 0 Å². The van der Waals surface area contributed by atoms with Crippen molar-refractivity contribution in [3.63, 3.8) is 0 Å². The third-order valence-electron chi connectivity index (χ3n) is 2.87. The van der Waals surface area contributed by atoms with Gasteiger partial charge in [0.15, 0.2) is 0 Å². The van der Waals surface area contributed by atoms with Gasteiger partial charge in [0.05, 0.1) is 23.3 Å². The topological polar surface area (TPSA) is 83.8 Å². The van der Waals surface area contributed by atoms with Crippen LogP contribution in [0.25, 0.3) is 11.1 Å². The fraction of sp³-hybridized carbons (Fsp3) is 0.0667. The molecular weight excluding hydrogens is 296 g/mol. The third kappa shape index (κ3) is 3.14. The summed E-state index contributed by atoms with van der Waals surface area (Å²) in [6, 6.07) is 8.55. The molecule has 2 rings (SSSR count). The number of aromatic carboxylic acids is 1. The molecule has 2 aromatic carbocycles. The van der Waals surface area contributed by atoms with Gasteiger partial charge in [0.1, 0.15) is 5.75 Å². The number of ether oxygens (including phenoxy) is 1. The van der Waals surface area contributed by atoms with Crippen LogP contribution in [0.2, 0.25) is 5.02 Å². The standard InChI is InChI=1S/C15H11ClO5/c1-21-15(20)12-3-2-8(7-13(12)16)9-4-10(14(18)19)6-11(17)5-9/h2-7,17H,1H3,(H,18,19). The normalized spacial score (nSPS) is 10.2. The van der Waals surface area contributed by atoms with Crippen LogP contribution in [0, 0.1) is 0 Å². The Balaban J connectivity index is 2.50. The van der Waals surface area contributed by atoms with E-state index < -0.39 is 11.9 Å². The van der Waals surface area contributed by atoms with E-state index in [1.54, 1.807) is 6.07 Å². The zero-order chi connectivity index (χ0) is 15.6. The highest BCUT2D eigenvalue weighted by Gasteiger charge is 2.13. The lowest BCUT2D eigenvalue weighted by molar-refractivity contribution is 0.0600. The van der Waals surface area contributed by atoms with E-state index in [1.165, 1.54) is 31.4 Å². The van der Waals surface area contributed by atoms with Crippen LogP contribution in [-0.2, 0) is 4.74 Å². The molecule has 6 heteroatoms. The van der Waals surface area contributed by atoms with Crippen molar-refractivity contribution in [2.24, 2.45) is 0 Å². The van der Waals surface area contributed by atoms with E-state index in [0.717, 1.165) is 6.07 Å². The summed E-state index contributed by atoms with van der Waals surface area (Å²) in [4.78, 5) is 22.4. The van der Waals surface area contributed by atoms with Crippen molar-refractivity contribution >= 4 is 23.5 Å². The number of methoxy groups -OCH3 is 1. The van der Waals surface area contributed by atoms with Gasteiger partial charge in [-0.1, -0.05) is 17.7 Å². The molecule has 0 spiro atoms. The molecule has 0 saturated heterocycles. The number of hydrogen-bond acceptors (Lipinski definition) is 4. The lowest BCUT2D eigenvalue weighted by Gasteiger charge is -2.08. The molecule has 0 aliphatic rings. The number of carboxylic acids is 1. The van der Waals surface area contributed by atoms with Crippen LogP contribution in [0.15, 0.2) is 36.4 Å². The Morgan fingerprint density at radius 1 is 1.10 bits per heavy atom. The molecule has 0 atom stereocenters. The fourth-order valence-electron chi connectivity index (χ4n) is 1.87. The minimum absolute atomic E-state index is 0.0434. The van der Waals surface area contributed by atoms with Gasteiger partial charge >= 0.3 is 11.9 Å². The van der Waals surface area contributed by atoms with Crippen LogP contribution in [0.1, 0.15) is 20.7 Å². The highest BCUT2D eigenvalue weighted by molar-refractivity contribution is 6.33. The molecule has 5 nitrogen and oxygen atoms in total. The maximum atomic E-state index is 11.5. The summed E-state index contributed by atoms with van der Waals surface area (Å²) in [7, 11) is 1.25. The lowest BCUT2D eigenvalue weighted by Crippen LogP contribution is -2.02. The van der Waals surface area contributed by atoms with Crippen LogP contribution in [-0.4, -0.2) is 29.3 Å². The van der Waals surface area contributed by atoms with E-state index in [0.29, 0.717) is 11.1 Å². The lowest BCUT2D eigenvalue weighted by atomic mass is 10.0. The Morgan fingerprint density at radius 3 is 2.38 bits per heavy atom. The zero-order valence-corrected chi connectivity index (χ0v) is 11.7. The van der Waals surface area contributed by atoms with Crippen LogP contribution >= 0.6 is 11.6 Å². The molecule has 0 aliphatic carbocycles. The molecule has 0 heterocycles. The van der Waals surface area contributed by atoms with E-state index in [4.69, 9.17) is 16.7 Å². The van der Waals surface area contributed by atoms with Crippen molar-refractivity contribution in [3.05, 3.63) is 52.5 Å². The average Bonchev–Trinajstić information content (AvgIpc) is 2.45. The second-order valence-corrected chi connectivity index (χ2v) is 4.67. The monoisotopic (exact) mass is 306 g/mol. The van der Waals surface area contributed by atoms with Crippen LogP contribution < -0.4 is 0 Å². The maximum absolute atomic E-state index is 11.5. The number of hydrogen-bond donors (Lipinski definition) is 2. The van der Waals surface area contributed by atoms with Gasteiger partial charge in [0.2, 0.25) is 0 Å². The third-order valence-corrected chi connectivity index (χ3v) is 3.19. The van der Waals surface area contributed by atoms with E-state index in [2.05, 4.69) is 4.74 Å². The van der Waals surface area contributed by atoms with Crippen molar-refractivity contribution in [3.8, 4) is 16.9 Å². The Bertz CT molecular complexity index is 724. The number of carbonyl (C=O) groups is 2. The summed E-state index contributed by atoms with van der Waals surface area (Å²) in [6.07, 6.45) is 0. The number of rotatable bonds is 3. The van der Waals surface area contributed by atoms with Gasteiger partial charge in [-0.2, -0.15) is 0 Å². The first-order chi connectivity index (χ1) is 9.92. The number of esters is 1. The molecule has 0 bridgehead atoms. The van der Waals surface area contributed by atoms with Crippen LogP contribution in [0.3, 0.4) is 0 Å². The molecule has 2 aromatic rings. The van der Waals surface area contributed by atoms with Crippen LogP contribution in [0.5, 0.6) is 5.75 Å². The maximum Gasteiger partial charge on any atom is 0.339 e. The summed E-state index contributed by atoms with van der Waals surface area (Å²) in [5.41, 5.74) is 1.22. The molecular formula is C15H11ClO5. The first-order valence-corrected chi connectivity index (χ1v) is 6.25. The number of phenols is 1. The molecule has 0 amide bonds.